The van der Waals surface area contributed by atoms with E-state index in [0.717, 1.165) is 0 Å². The first-order valence-electron chi connectivity index (χ1n) is 7.63. The lowest BCUT2D eigenvalue weighted by Gasteiger charge is -2.27. The molecule has 1 aromatic carbocycles. The molecule has 2 heterocycles. The predicted octanol–water partition coefficient (Wildman–Crippen LogP) is 1.79. The largest absolute Gasteiger partial charge is 0.481 e. The van der Waals surface area contributed by atoms with Crippen LogP contribution in [0.3, 0.4) is 0 Å². The lowest BCUT2D eigenvalue weighted by atomic mass is 10.1. The smallest absolute Gasteiger partial charge is 0.308 e. The van der Waals surface area contributed by atoms with Crippen LogP contribution in [-0.4, -0.2) is 63.5 Å². The first-order chi connectivity index (χ1) is 11.5. The molecule has 0 radical (unpaired) electrons. The molecule has 0 aliphatic carbocycles. The molecule has 2 saturated heterocycles. The quantitative estimate of drug-likeness (QED) is 0.880. The van der Waals surface area contributed by atoms with Crippen molar-refractivity contribution in [2.24, 2.45) is 5.92 Å². The number of carbonyl (C=O) groups is 3. The van der Waals surface area contributed by atoms with Crippen molar-refractivity contribution in [3.63, 3.8) is 0 Å². The Bertz CT molecular complexity index is 667. The van der Waals surface area contributed by atoms with Gasteiger partial charge in [0.15, 0.2) is 0 Å². The van der Waals surface area contributed by atoms with Crippen LogP contribution in [0.1, 0.15) is 16.8 Å². The van der Waals surface area contributed by atoms with Crippen molar-refractivity contribution in [3.05, 3.63) is 34.9 Å². The molecule has 2 unspecified atom stereocenters. The van der Waals surface area contributed by atoms with Gasteiger partial charge in [0.2, 0.25) is 5.91 Å². The van der Waals surface area contributed by atoms with E-state index in [2.05, 4.69) is 0 Å². The third kappa shape index (κ3) is 3.37. The van der Waals surface area contributed by atoms with Gasteiger partial charge in [-0.15, -0.1) is 11.8 Å². The van der Waals surface area contributed by atoms with Gasteiger partial charge in [-0.3, -0.25) is 14.4 Å². The summed E-state index contributed by atoms with van der Waals surface area (Å²) in [4.78, 5) is 39.6. The molecular weight excluding hydrogens is 352 g/mol. The standard InChI is InChI=1S/C16H17ClN2O4S/c17-12-3-1-10(2-4-12)14(20)19-9-24-8-13(19)15(21)18-6-5-11(7-18)16(22)23/h1-4,11,13H,5-9H2,(H,22,23). The van der Waals surface area contributed by atoms with E-state index < -0.39 is 17.9 Å². The summed E-state index contributed by atoms with van der Waals surface area (Å²) >= 11 is 7.37. The molecule has 2 atom stereocenters. The van der Waals surface area contributed by atoms with Gasteiger partial charge in [-0.05, 0) is 30.7 Å². The molecule has 2 fully saturated rings. The number of thioether (sulfide) groups is 1. The van der Waals surface area contributed by atoms with Gasteiger partial charge in [0.1, 0.15) is 6.04 Å². The van der Waals surface area contributed by atoms with E-state index in [0.29, 0.717) is 35.2 Å². The number of benzene rings is 1. The number of carboxylic acid groups (broad SMARTS) is 1. The highest BCUT2D eigenvalue weighted by atomic mass is 35.5. The Morgan fingerprint density at radius 2 is 1.92 bits per heavy atom. The second-order valence-electron chi connectivity index (χ2n) is 5.91. The van der Waals surface area contributed by atoms with E-state index in [9.17, 15) is 14.4 Å². The van der Waals surface area contributed by atoms with Crippen LogP contribution >= 0.6 is 23.4 Å². The Balaban J connectivity index is 1.71. The summed E-state index contributed by atoms with van der Waals surface area (Å²) in [6.07, 6.45) is 0.464. The van der Waals surface area contributed by atoms with E-state index in [-0.39, 0.29) is 18.4 Å². The normalized spacial score (nSPS) is 23.5. The lowest BCUT2D eigenvalue weighted by molar-refractivity contribution is -0.141. The van der Waals surface area contributed by atoms with Gasteiger partial charge in [0.05, 0.1) is 11.8 Å². The first-order valence-corrected chi connectivity index (χ1v) is 9.16. The summed E-state index contributed by atoms with van der Waals surface area (Å²) in [5.74, 6) is -0.765. The number of nitrogens with zero attached hydrogens (tertiary/aromatic N) is 2. The summed E-state index contributed by atoms with van der Waals surface area (Å²) in [5.41, 5.74) is 0.490. The molecule has 0 spiro atoms. The Morgan fingerprint density at radius 3 is 2.54 bits per heavy atom. The van der Waals surface area contributed by atoms with Crippen molar-refractivity contribution in [2.75, 3.05) is 24.7 Å². The molecule has 0 bridgehead atoms. The van der Waals surface area contributed by atoms with Crippen molar-refractivity contribution in [1.29, 1.82) is 0 Å². The third-order valence-electron chi connectivity index (χ3n) is 4.37. The minimum absolute atomic E-state index is 0.161. The third-order valence-corrected chi connectivity index (χ3v) is 5.63. The fourth-order valence-electron chi connectivity index (χ4n) is 2.98. The molecule has 0 aromatic heterocycles. The van der Waals surface area contributed by atoms with Crippen LogP contribution in [0.25, 0.3) is 0 Å². The minimum Gasteiger partial charge on any atom is -0.481 e. The van der Waals surface area contributed by atoms with Crippen LogP contribution in [0.4, 0.5) is 0 Å². The number of hydrogen-bond acceptors (Lipinski definition) is 4. The van der Waals surface area contributed by atoms with Crippen LogP contribution in [0.2, 0.25) is 5.02 Å². The molecule has 8 heteroatoms. The Kier molecular flexibility index (Phi) is 5.01. The average Bonchev–Trinajstić information content (AvgIpc) is 3.24. The van der Waals surface area contributed by atoms with Gasteiger partial charge < -0.3 is 14.9 Å². The summed E-state index contributed by atoms with van der Waals surface area (Å²) in [6, 6.07) is 6.04. The number of carbonyl (C=O) groups excluding carboxylic acids is 2. The number of aliphatic carboxylic acids is 1. The Labute approximate surface area is 148 Å². The van der Waals surface area contributed by atoms with Gasteiger partial charge >= 0.3 is 5.97 Å². The van der Waals surface area contributed by atoms with Gasteiger partial charge in [-0.1, -0.05) is 11.6 Å². The van der Waals surface area contributed by atoms with Crippen molar-refractivity contribution in [3.8, 4) is 0 Å². The van der Waals surface area contributed by atoms with Crippen molar-refractivity contribution < 1.29 is 19.5 Å². The summed E-state index contributed by atoms with van der Waals surface area (Å²) in [6.45, 7) is 0.651. The van der Waals surface area contributed by atoms with Crippen molar-refractivity contribution in [1.82, 2.24) is 9.80 Å². The second-order valence-corrected chi connectivity index (χ2v) is 7.34. The Morgan fingerprint density at radius 1 is 1.21 bits per heavy atom. The van der Waals surface area contributed by atoms with Crippen LogP contribution < -0.4 is 0 Å². The van der Waals surface area contributed by atoms with Gasteiger partial charge in [0.25, 0.3) is 5.91 Å². The highest BCUT2D eigenvalue weighted by Crippen LogP contribution is 2.27. The molecule has 3 rings (SSSR count). The fourth-order valence-corrected chi connectivity index (χ4v) is 4.25. The maximum absolute atomic E-state index is 12.7. The molecule has 2 aliphatic rings. The molecule has 6 nitrogen and oxygen atoms in total. The average molecular weight is 369 g/mol. The highest BCUT2D eigenvalue weighted by Gasteiger charge is 2.40. The maximum atomic E-state index is 12.7. The number of amides is 2. The molecule has 2 amide bonds. The van der Waals surface area contributed by atoms with Crippen LogP contribution in [0, 0.1) is 5.92 Å². The zero-order valence-corrected chi connectivity index (χ0v) is 14.4. The topological polar surface area (TPSA) is 77.9 Å². The molecule has 24 heavy (non-hydrogen) atoms. The second kappa shape index (κ2) is 7.03. The van der Waals surface area contributed by atoms with Gasteiger partial charge in [0, 0.05) is 29.4 Å². The molecule has 2 aliphatic heterocycles. The summed E-state index contributed by atoms with van der Waals surface area (Å²) in [5, 5.41) is 9.62. The number of carboxylic acids is 1. The van der Waals surface area contributed by atoms with E-state index in [1.165, 1.54) is 11.8 Å². The molecule has 0 saturated carbocycles. The van der Waals surface area contributed by atoms with E-state index in [1.807, 2.05) is 0 Å². The summed E-state index contributed by atoms with van der Waals surface area (Å²) in [7, 11) is 0. The fraction of sp³-hybridized carbons (Fsp3) is 0.438. The molecule has 1 aromatic rings. The summed E-state index contributed by atoms with van der Waals surface area (Å²) < 4.78 is 0. The maximum Gasteiger partial charge on any atom is 0.308 e. The number of hydrogen-bond donors (Lipinski definition) is 1. The molecular formula is C16H17ClN2O4S. The highest BCUT2D eigenvalue weighted by molar-refractivity contribution is 7.99. The van der Waals surface area contributed by atoms with E-state index >= 15 is 0 Å². The lowest BCUT2D eigenvalue weighted by Crippen LogP contribution is -2.48. The first kappa shape index (κ1) is 17.1. The predicted molar refractivity (Wildman–Crippen MR) is 91.1 cm³/mol. The molecule has 1 N–H and O–H groups in total. The van der Waals surface area contributed by atoms with Crippen molar-refractivity contribution >= 4 is 41.1 Å². The zero-order chi connectivity index (χ0) is 17.3. The van der Waals surface area contributed by atoms with Gasteiger partial charge in [-0.2, -0.15) is 0 Å². The van der Waals surface area contributed by atoms with Crippen molar-refractivity contribution in [2.45, 2.75) is 12.5 Å². The minimum atomic E-state index is -0.875. The van der Waals surface area contributed by atoms with Gasteiger partial charge in [-0.25, -0.2) is 0 Å². The SMILES string of the molecule is O=C(O)C1CCN(C(=O)C2CSCN2C(=O)c2ccc(Cl)cc2)C1. The Hall–Kier alpha value is -1.73. The van der Waals surface area contributed by atoms with Crippen LogP contribution in [0.5, 0.6) is 0 Å². The van der Waals surface area contributed by atoms with E-state index in [4.69, 9.17) is 16.7 Å². The number of halogens is 1. The number of likely N-dealkylation sites (tertiary alicyclic amines) is 1. The van der Waals surface area contributed by atoms with Crippen LogP contribution in [0.15, 0.2) is 24.3 Å². The van der Waals surface area contributed by atoms with Crippen LogP contribution in [-0.2, 0) is 9.59 Å². The monoisotopic (exact) mass is 368 g/mol. The number of rotatable bonds is 3. The molecule has 128 valence electrons. The zero-order valence-electron chi connectivity index (χ0n) is 12.9. The van der Waals surface area contributed by atoms with E-state index in [1.54, 1.807) is 34.1 Å².